The van der Waals surface area contributed by atoms with Crippen LogP contribution in [0.15, 0.2) is 41.8 Å². The molecule has 1 heterocycles. The number of carbonyl (C=O) groups is 2. The summed E-state index contributed by atoms with van der Waals surface area (Å²) in [5.41, 5.74) is 5.26. The predicted molar refractivity (Wildman–Crippen MR) is 164 cm³/mol. The van der Waals surface area contributed by atoms with E-state index in [4.69, 9.17) is 0 Å². The number of hydrogen-bond donors (Lipinski definition) is 1. The van der Waals surface area contributed by atoms with Gasteiger partial charge >= 0.3 is 0 Å². The van der Waals surface area contributed by atoms with Crippen LogP contribution in [0, 0.1) is 56.7 Å². The van der Waals surface area contributed by atoms with E-state index in [-0.39, 0.29) is 33.0 Å². The first-order valence-electron chi connectivity index (χ1n) is 16.2. The van der Waals surface area contributed by atoms with Crippen molar-refractivity contribution in [3.8, 4) is 0 Å². The third-order valence-corrected chi connectivity index (χ3v) is 14.3. The monoisotopic (exact) mass is 557 g/mol. The number of nitrogens with zero attached hydrogens (tertiary/aromatic N) is 2. The van der Waals surface area contributed by atoms with Crippen molar-refractivity contribution in [1.29, 1.82) is 0 Å². The molecule has 5 heteroatoms. The predicted octanol–water partition coefficient (Wildman–Crippen LogP) is 8.02. The Morgan fingerprint density at radius 2 is 1.68 bits per heavy atom. The van der Waals surface area contributed by atoms with Gasteiger partial charge in [0.15, 0.2) is 0 Å². The maximum atomic E-state index is 13.1. The van der Waals surface area contributed by atoms with Crippen molar-refractivity contribution in [3.63, 3.8) is 0 Å². The first kappa shape index (κ1) is 28.8. The smallest absolute Gasteiger partial charge is 0.271 e. The maximum absolute atomic E-state index is 13.1. The Bertz CT molecular complexity index is 1270. The zero-order valence-electron chi connectivity index (χ0n) is 26.3. The number of pyridine rings is 1. The lowest BCUT2D eigenvalue weighted by Gasteiger charge is -2.72. The number of amides is 1. The molecule has 5 saturated carbocycles. The Kier molecular flexibility index (Phi) is 6.75. The first-order chi connectivity index (χ1) is 19.3. The van der Waals surface area contributed by atoms with Crippen LogP contribution in [0.2, 0.25) is 0 Å². The van der Waals surface area contributed by atoms with Crippen molar-refractivity contribution in [2.75, 3.05) is 0 Å². The number of Topliss-reactive ketones (excluding diaryl/α,β-unsaturated/α-hetero) is 1. The normalized spacial score (nSPS) is 44.8. The third kappa shape index (κ3) is 3.99. The summed E-state index contributed by atoms with van der Waals surface area (Å²) in [6, 6.07) is 3.45. The highest BCUT2D eigenvalue weighted by atomic mass is 16.2. The molecule has 1 aromatic heterocycles. The van der Waals surface area contributed by atoms with Gasteiger partial charge in [-0.05, 0) is 123 Å². The molecule has 5 aliphatic rings. The summed E-state index contributed by atoms with van der Waals surface area (Å²) in [6.07, 6.45) is 16.8. The molecule has 0 unspecified atom stereocenters. The SMILES string of the molecule is C=C(C)[C@@H]1CC[C@]2(/C=N/NC(=O)c3ccncc3)CC[C@]3(C)[C@H](CC[C@@H]4[C@@]5(C)CCC(=O)C(C)(C)[C@@H]5CC[C@]43C)[C@@H]12. The highest BCUT2D eigenvalue weighted by molar-refractivity contribution is 5.94. The van der Waals surface area contributed by atoms with Crippen LogP contribution in [0.1, 0.15) is 116 Å². The molecule has 0 bridgehead atoms. The number of ketones is 1. The second kappa shape index (κ2) is 9.61. The summed E-state index contributed by atoms with van der Waals surface area (Å²) in [7, 11) is 0. The lowest BCUT2D eigenvalue weighted by molar-refractivity contribution is -0.228. The molecule has 5 aliphatic carbocycles. The van der Waals surface area contributed by atoms with Crippen LogP contribution >= 0.6 is 0 Å². The van der Waals surface area contributed by atoms with E-state index in [1.54, 1.807) is 24.5 Å². The Morgan fingerprint density at radius 3 is 2.39 bits per heavy atom. The van der Waals surface area contributed by atoms with Gasteiger partial charge < -0.3 is 0 Å². The van der Waals surface area contributed by atoms with Crippen molar-refractivity contribution < 1.29 is 9.59 Å². The molecular formula is C36H51N3O2. The van der Waals surface area contributed by atoms with Crippen LogP contribution in [-0.4, -0.2) is 22.9 Å². The molecule has 1 aromatic rings. The quantitative estimate of drug-likeness (QED) is 0.231. The van der Waals surface area contributed by atoms with Crippen molar-refractivity contribution in [2.45, 2.75) is 106 Å². The molecule has 0 aliphatic heterocycles. The molecular weight excluding hydrogens is 506 g/mol. The van der Waals surface area contributed by atoms with E-state index >= 15 is 0 Å². The Hall–Kier alpha value is -2.30. The van der Waals surface area contributed by atoms with Crippen LogP contribution in [0.25, 0.3) is 0 Å². The molecule has 1 N–H and O–H groups in total. The highest BCUT2D eigenvalue weighted by Gasteiger charge is 2.70. The maximum Gasteiger partial charge on any atom is 0.271 e. The first-order valence-corrected chi connectivity index (χ1v) is 16.2. The van der Waals surface area contributed by atoms with E-state index in [0.29, 0.717) is 40.9 Å². The summed E-state index contributed by atoms with van der Waals surface area (Å²) in [4.78, 5) is 29.8. The number of nitrogens with one attached hydrogen (secondary N) is 1. The number of hydrazone groups is 1. The second-order valence-electron chi connectivity index (χ2n) is 16.0. The van der Waals surface area contributed by atoms with Crippen molar-refractivity contribution in [2.24, 2.45) is 61.8 Å². The number of hydrogen-bond acceptors (Lipinski definition) is 4. The van der Waals surface area contributed by atoms with Gasteiger partial charge in [0, 0.05) is 41.4 Å². The number of aromatic nitrogens is 1. The fraction of sp³-hybridized carbons (Fsp3) is 0.722. The number of fused-ring (bicyclic) bond motifs is 7. The summed E-state index contributed by atoms with van der Waals surface area (Å²) in [5, 5.41) is 4.64. The summed E-state index contributed by atoms with van der Waals surface area (Å²) < 4.78 is 0. The second-order valence-corrected chi connectivity index (χ2v) is 16.0. The highest BCUT2D eigenvalue weighted by Crippen LogP contribution is 2.77. The minimum absolute atomic E-state index is 0.00284. The summed E-state index contributed by atoms with van der Waals surface area (Å²) >= 11 is 0. The molecule has 9 atom stereocenters. The van der Waals surface area contributed by atoms with Crippen LogP contribution in [-0.2, 0) is 4.79 Å². The molecule has 6 rings (SSSR count). The van der Waals surface area contributed by atoms with E-state index < -0.39 is 0 Å². The Balaban J connectivity index is 1.32. The average Bonchev–Trinajstić information content (AvgIpc) is 3.32. The topological polar surface area (TPSA) is 71.4 Å². The standard InChI is InChI=1S/C36H51N3O2/c1-23(2)25-10-17-36(22-38-39-31(41)24-13-20-37-21-14-24)19-18-34(6)26(30(25)36)8-9-28-33(5)15-12-29(40)32(3,4)27(33)11-16-35(28,34)7/h13-14,20-22,25-28,30H,1,8-12,15-19H2,2-7H3,(H,39,41)/b38-22+/t25-,26+,27-,28+,30+,33-,34+,35+,36+/m0/s1. The third-order valence-electron chi connectivity index (χ3n) is 14.3. The number of rotatable bonds is 4. The lowest BCUT2D eigenvalue weighted by atomic mass is 9.32. The van der Waals surface area contributed by atoms with Gasteiger partial charge in [-0.25, -0.2) is 5.43 Å². The van der Waals surface area contributed by atoms with Gasteiger partial charge in [-0.3, -0.25) is 14.6 Å². The van der Waals surface area contributed by atoms with E-state index in [0.717, 1.165) is 32.1 Å². The van der Waals surface area contributed by atoms with E-state index in [2.05, 4.69) is 69.8 Å². The van der Waals surface area contributed by atoms with Gasteiger partial charge in [0.2, 0.25) is 0 Å². The minimum Gasteiger partial charge on any atom is -0.299 e. The zero-order valence-corrected chi connectivity index (χ0v) is 26.3. The van der Waals surface area contributed by atoms with E-state index in [9.17, 15) is 9.59 Å². The van der Waals surface area contributed by atoms with Crippen molar-refractivity contribution in [3.05, 3.63) is 42.2 Å². The lowest BCUT2D eigenvalue weighted by Crippen LogP contribution is -2.66. The van der Waals surface area contributed by atoms with Gasteiger partial charge in [-0.15, -0.1) is 0 Å². The molecule has 222 valence electrons. The Labute approximate surface area is 247 Å². The summed E-state index contributed by atoms with van der Waals surface area (Å²) in [5.74, 6) is 3.07. The van der Waals surface area contributed by atoms with Crippen LogP contribution in [0.3, 0.4) is 0 Å². The van der Waals surface area contributed by atoms with E-state index in [1.807, 2.05) is 0 Å². The largest absolute Gasteiger partial charge is 0.299 e. The van der Waals surface area contributed by atoms with Gasteiger partial charge in [-0.1, -0.05) is 46.8 Å². The van der Waals surface area contributed by atoms with Gasteiger partial charge in [0.25, 0.3) is 5.91 Å². The van der Waals surface area contributed by atoms with Crippen LogP contribution in [0.4, 0.5) is 0 Å². The molecule has 0 spiro atoms. The van der Waals surface area contributed by atoms with E-state index in [1.165, 1.54) is 37.7 Å². The average molecular weight is 558 g/mol. The molecule has 0 radical (unpaired) electrons. The van der Waals surface area contributed by atoms with Crippen molar-refractivity contribution in [1.82, 2.24) is 10.4 Å². The molecule has 5 fully saturated rings. The van der Waals surface area contributed by atoms with Crippen LogP contribution < -0.4 is 5.43 Å². The minimum atomic E-state index is -0.207. The molecule has 0 saturated heterocycles. The van der Waals surface area contributed by atoms with Crippen molar-refractivity contribution >= 4 is 17.9 Å². The van der Waals surface area contributed by atoms with Gasteiger partial charge in [-0.2, -0.15) is 5.10 Å². The zero-order chi connectivity index (χ0) is 29.4. The number of carbonyl (C=O) groups excluding carboxylic acids is 2. The van der Waals surface area contributed by atoms with Gasteiger partial charge in [0.05, 0.1) is 0 Å². The van der Waals surface area contributed by atoms with Crippen LogP contribution in [0.5, 0.6) is 0 Å². The Morgan fingerprint density at radius 1 is 0.951 bits per heavy atom. The molecule has 5 nitrogen and oxygen atoms in total. The molecule has 0 aromatic carbocycles. The summed E-state index contributed by atoms with van der Waals surface area (Å²) in [6.45, 7) is 19.1. The number of allylic oxidation sites excluding steroid dienone is 1. The molecule has 41 heavy (non-hydrogen) atoms. The molecule has 1 amide bonds. The van der Waals surface area contributed by atoms with Gasteiger partial charge in [0.1, 0.15) is 5.78 Å². The fourth-order valence-corrected chi connectivity index (χ4v) is 12.0. The fourth-order valence-electron chi connectivity index (χ4n) is 12.0.